The first kappa shape index (κ1) is 9.90. The average Bonchev–Trinajstić information content (AvgIpc) is 2.82. The molecular weight excluding hydrogens is 214 g/mol. The number of H-pyrrole nitrogens is 1. The molecule has 0 radical (unpaired) electrons. The van der Waals surface area contributed by atoms with Crippen LogP contribution in [0.15, 0.2) is 52.1 Å². The van der Waals surface area contributed by atoms with Crippen LogP contribution in [0.5, 0.6) is 0 Å². The molecule has 0 unspecified atom stereocenters. The highest BCUT2D eigenvalue weighted by molar-refractivity contribution is 5.86. The lowest BCUT2D eigenvalue weighted by atomic mass is 10.0. The summed E-state index contributed by atoms with van der Waals surface area (Å²) in [6, 6.07) is 9.49. The number of nitrogens with one attached hydrogen (secondary N) is 1. The summed E-state index contributed by atoms with van der Waals surface area (Å²) in [6.45, 7) is 1.94. The molecule has 0 aliphatic rings. The van der Waals surface area contributed by atoms with E-state index in [0.29, 0.717) is 0 Å². The van der Waals surface area contributed by atoms with Gasteiger partial charge in [-0.25, -0.2) is 0 Å². The highest BCUT2D eigenvalue weighted by Crippen LogP contribution is 2.24. The van der Waals surface area contributed by atoms with Crippen LogP contribution in [-0.4, -0.2) is 4.98 Å². The number of aromatic nitrogens is 1. The first-order valence-corrected chi connectivity index (χ1v) is 5.40. The number of aromatic amines is 1. The lowest BCUT2D eigenvalue weighted by Gasteiger charge is -2.04. The number of pyridine rings is 1. The minimum absolute atomic E-state index is 0.0638. The fraction of sp³-hybridized carbons (Fsp3) is 0.0714. The van der Waals surface area contributed by atoms with Gasteiger partial charge in [0.05, 0.1) is 12.5 Å². The highest BCUT2D eigenvalue weighted by atomic mass is 16.3. The van der Waals surface area contributed by atoms with E-state index in [1.165, 1.54) is 0 Å². The van der Waals surface area contributed by atoms with E-state index in [1.807, 2.05) is 25.1 Å². The average molecular weight is 225 g/mol. The van der Waals surface area contributed by atoms with Crippen molar-refractivity contribution in [1.29, 1.82) is 0 Å². The van der Waals surface area contributed by atoms with Gasteiger partial charge >= 0.3 is 0 Å². The third-order valence-electron chi connectivity index (χ3n) is 2.90. The van der Waals surface area contributed by atoms with Gasteiger partial charge in [0, 0.05) is 22.5 Å². The number of fused-ring (bicyclic) bond motifs is 1. The first-order chi connectivity index (χ1) is 8.24. The van der Waals surface area contributed by atoms with E-state index in [0.717, 1.165) is 27.6 Å². The van der Waals surface area contributed by atoms with Crippen LogP contribution in [0.3, 0.4) is 0 Å². The molecule has 0 bridgehead atoms. The summed E-state index contributed by atoms with van der Waals surface area (Å²) in [5, 5.41) is 1.06. The molecule has 0 saturated heterocycles. The van der Waals surface area contributed by atoms with Gasteiger partial charge in [-0.15, -0.1) is 0 Å². The first-order valence-electron chi connectivity index (χ1n) is 5.40. The Morgan fingerprint density at radius 3 is 2.76 bits per heavy atom. The van der Waals surface area contributed by atoms with E-state index in [9.17, 15) is 4.79 Å². The summed E-state index contributed by atoms with van der Waals surface area (Å²) in [5.74, 6) is 0. The van der Waals surface area contributed by atoms with E-state index in [4.69, 9.17) is 4.42 Å². The zero-order valence-corrected chi connectivity index (χ0v) is 9.36. The van der Waals surface area contributed by atoms with Gasteiger partial charge < -0.3 is 9.40 Å². The summed E-state index contributed by atoms with van der Waals surface area (Å²) >= 11 is 0. The summed E-state index contributed by atoms with van der Waals surface area (Å²) in [7, 11) is 0. The van der Waals surface area contributed by atoms with Gasteiger partial charge in [0.2, 0.25) is 5.56 Å². The van der Waals surface area contributed by atoms with Gasteiger partial charge in [0.1, 0.15) is 0 Å². The largest absolute Gasteiger partial charge is 0.472 e. The molecule has 0 atom stereocenters. The van der Waals surface area contributed by atoms with Crippen molar-refractivity contribution >= 4 is 10.9 Å². The Labute approximate surface area is 97.7 Å². The molecule has 0 saturated carbocycles. The van der Waals surface area contributed by atoms with Crippen LogP contribution < -0.4 is 5.56 Å². The van der Waals surface area contributed by atoms with Crippen molar-refractivity contribution in [3.8, 4) is 11.1 Å². The second-order valence-electron chi connectivity index (χ2n) is 4.09. The molecule has 3 rings (SSSR count). The van der Waals surface area contributed by atoms with Crippen molar-refractivity contribution < 1.29 is 4.42 Å². The normalized spacial score (nSPS) is 10.9. The summed E-state index contributed by atoms with van der Waals surface area (Å²) in [5.41, 5.74) is 3.90. The number of furan rings is 1. The van der Waals surface area contributed by atoms with Crippen molar-refractivity contribution in [2.24, 2.45) is 0 Å². The smallest absolute Gasteiger partial charge is 0.248 e. The zero-order valence-electron chi connectivity index (χ0n) is 9.36. The minimum Gasteiger partial charge on any atom is -0.472 e. The quantitative estimate of drug-likeness (QED) is 0.691. The van der Waals surface area contributed by atoms with Gasteiger partial charge in [-0.3, -0.25) is 4.79 Å². The molecule has 1 aromatic carbocycles. The molecule has 2 aromatic heterocycles. The molecule has 84 valence electrons. The predicted molar refractivity (Wildman–Crippen MR) is 67.0 cm³/mol. The lowest BCUT2D eigenvalue weighted by Crippen LogP contribution is -2.04. The van der Waals surface area contributed by atoms with Gasteiger partial charge in [-0.1, -0.05) is 6.07 Å². The number of aryl methyl sites for hydroxylation is 1. The van der Waals surface area contributed by atoms with Crippen molar-refractivity contribution in [2.75, 3.05) is 0 Å². The maximum atomic E-state index is 11.3. The summed E-state index contributed by atoms with van der Waals surface area (Å²) in [4.78, 5) is 14.2. The van der Waals surface area contributed by atoms with Crippen LogP contribution in [0.4, 0.5) is 0 Å². The van der Waals surface area contributed by atoms with Crippen molar-refractivity contribution in [3.63, 3.8) is 0 Å². The Morgan fingerprint density at radius 2 is 2.00 bits per heavy atom. The zero-order chi connectivity index (χ0) is 11.8. The third-order valence-corrected chi connectivity index (χ3v) is 2.90. The van der Waals surface area contributed by atoms with E-state index in [2.05, 4.69) is 11.1 Å². The fourth-order valence-electron chi connectivity index (χ4n) is 2.03. The van der Waals surface area contributed by atoms with E-state index < -0.39 is 0 Å². The topological polar surface area (TPSA) is 46.0 Å². The van der Waals surface area contributed by atoms with Crippen LogP contribution in [0.2, 0.25) is 0 Å². The number of hydrogen-bond acceptors (Lipinski definition) is 2. The molecule has 1 N–H and O–H groups in total. The lowest BCUT2D eigenvalue weighted by molar-refractivity contribution is 0.568. The van der Waals surface area contributed by atoms with Gasteiger partial charge in [-0.2, -0.15) is 0 Å². The fourth-order valence-corrected chi connectivity index (χ4v) is 2.03. The number of hydrogen-bond donors (Lipinski definition) is 1. The third kappa shape index (κ3) is 1.65. The molecular formula is C14H11NO2. The van der Waals surface area contributed by atoms with Gasteiger partial charge in [-0.05, 0) is 36.2 Å². The van der Waals surface area contributed by atoms with E-state index >= 15 is 0 Å². The summed E-state index contributed by atoms with van der Waals surface area (Å²) < 4.78 is 5.07. The van der Waals surface area contributed by atoms with Crippen LogP contribution >= 0.6 is 0 Å². The highest BCUT2D eigenvalue weighted by Gasteiger charge is 2.03. The molecule has 0 fully saturated rings. The monoisotopic (exact) mass is 225 g/mol. The van der Waals surface area contributed by atoms with Crippen molar-refractivity contribution in [1.82, 2.24) is 4.98 Å². The van der Waals surface area contributed by atoms with Crippen LogP contribution in [0.1, 0.15) is 5.56 Å². The van der Waals surface area contributed by atoms with Crippen molar-refractivity contribution in [2.45, 2.75) is 6.92 Å². The summed E-state index contributed by atoms with van der Waals surface area (Å²) in [6.07, 6.45) is 3.36. The molecule has 0 aliphatic carbocycles. The Bertz CT molecular complexity index is 724. The second kappa shape index (κ2) is 3.63. The van der Waals surface area contributed by atoms with E-state index in [-0.39, 0.29) is 5.56 Å². The molecule has 3 nitrogen and oxygen atoms in total. The Kier molecular flexibility index (Phi) is 2.11. The van der Waals surface area contributed by atoms with E-state index in [1.54, 1.807) is 18.6 Å². The Balaban J connectivity index is 2.30. The van der Waals surface area contributed by atoms with Gasteiger partial charge in [0.25, 0.3) is 0 Å². The molecule has 0 spiro atoms. The van der Waals surface area contributed by atoms with Gasteiger partial charge in [0.15, 0.2) is 0 Å². The predicted octanol–water partition coefficient (Wildman–Crippen LogP) is 3.10. The maximum Gasteiger partial charge on any atom is 0.248 e. The minimum atomic E-state index is -0.0638. The van der Waals surface area contributed by atoms with Crippen LogP contribution in [0.25, 0.3) is 22.0 Å². The standard InChI is InChI=1S/C14H11NO2/c1-9-6-14(16)15-13-3-2-10(7-12(9)13)11-4-5-17-8-11/h2-8H,1H3,(H,15,16). The van der Waals surface area contributed by atoms with Crippen LogP contribution in [0, 0.1) is 6.92 Å². The maximum absolute atomic E-state index is 11.3. The molecule has 3 aromatic rings. The molecule has 3 heteroatoms. The molecule has 0 amide bonds. The Hall–Kier alpha value is -2.29. The number of benzene rings is 1. The van der Waals surface area contributed by atoms with Crippen molar-refractivity contribution in [3.05, 3.63) is 58.8 Å². The van der Waals surface area contributed by atoms with Crippen LogP contribution in [-0.2, 0) is 0 Å². The number of rotatable bonds is 1. The SMILES string of the molecule is Cc1cc(=O)[nH]c2ccc(-c3ccoc3)cc12. The second-order valence-corrected chi connectivity index (χ2v) is 4.09. The molecule has 0 aliphatic heterocycles. The Morgan fingerprint density at radius 1 is 1.12 bits per heavy atom. The molecule has 17 heavy (non-hydrogen) atoms. The molecule has 2 heterocycles.